The van der Waals surface area contributed by atoms with Crippen LogP contribution in [0.1, 0.15) is 12.2 Å². The number of aromatic nitrogens is 3. The number of aryl methyl sites for hydroxylation is 1. The topological polar surface area (TPSA) is 47.8 Å². The molecule has 1 aliphatic heterocycles. The molecule has 23 heavy (non-hydrogen) atoms. The third kappa shape index (κ3) is 2.31. The van der Waals surface area contributed by atoms with E-state index in [-0.39, 0.29) is 27.0 Å². The van der Waals surface area contributed by atoms with Crippen molar-refractivity contribution in [1.29, 1.82) is 0 Å². The van der Waals surface area contributed by atoms with E-state index in [0.717, 1.165) is 12.8 Å². The molecule has 0 amide bonds. The summed E-state index contributed by atoms with van der Waals surface area (Å²) in [6, 6.07) is 5.76. The second-order valence-electron chi connectivity index (χ2n) is 5.40. The zero-order chi connectivity index (χ0) is 16.1. The minimum atomic E-state index is -0.532. The van der Waals surface area contributed by atoms with Crippen molar-refractivity contribution in [2.24, 2.45) is 0 Å². The van der Waals surface area contributed by atoms with E-state index in [1.165, 1.54) is 18.2 Å². The van der Waals surface area contributed by atoms with Gasteiger partial charge in [0.1, 0.15) is 28.0 Å². The minimum absolute atomic E-state index is 0.124. The molecule has 0 saturated carbocycles. The lowest BCUT2D eigenvalue weighted by atomic mass is 10.1. The fourth-order valence-corrected chi connectivity index (χ4v) is 3.27. The van der Waals surface area contributed by atoms with Gasteiger partial charge >= 0.3 is 0 Å². The molecule has 0 N–H and O–H groups in total. The highest BCUT2D eigenvalue weighted by molar-refractivity contribution is 6.31. The van der Waals surface area contributed by atoms with E-state index in [4.69, 9.17) is 23.2 Å². The first-order valence-corrected chi connectivity index (χ1v) is 7.85. The Morgan fingerprint density at radius 3 is 2.78 bits per heavy atom. The first-order chi connectivity index (χ1) is 11.0. The molecular formula is C16H10Cl2FN3O. The van der Waals surface area contributed by atoms with Crippen LogP contribution >= 0.6 is 23.2 Å². The van der Waals surface area contributed by atoms with Crippen molar-refractivity contribution in [3.63, 3.8) is 0 Å². The largest absolute Gasteiger partial charge is 0.296 e. The van der Waals surface area contributed by atoms with Crippen LogP contribution in [0.5, 0.6) is 0 Å². The van der Waals surface area contributed by atoms with Gasteiger partial charge in [-0.3, -0.25) is 9.36 Å². The maximum atomic E-state index is 14.3. The van der Waals surface area contributed by atoms with Crippen molar-refractivity contribution < 1.29 is 4.39 Å². The molecule has 0 fully saturated rings. The lowest BCUT2D eigenvalue weighted by molar-refractivity contribution is 0.631. The number of pyridine rings is 1. The van der Waals surface area contributed by atoms with Crippen molar-refractivity contribution in [1.82, 2.24) is 14.5 Å². The molecule has 4 nitrogen and oxygen atoms in total. The number of nitrogens with zero attached hydrogens (tertiary/aromatic N) is 3. The molecule has 116 valence electrons. The Bertz CT molecular complexity index is 1020. The average molecular weight is 350 g/mol. The Hall–Kier alpha value is -1.98. The summed E-state index contributed by atoms with van der Waals surface area (Å²) in [6.45, 7) is 0.641. The third-order valence-electron chi connectivity index (χ3n) is 3.96. The third-order valence-corrected chi connectivity index (χ3v) is 4.39. The lowest BCUT2D eigenvalue weighted by Crippen LogP contribution is -2.21. The molecule has 0 aliphatic carbocycles. The zero-order valence-corrected chi connectivity index (χ0v) is 13.3. The number of benzene rings is 1. The summed E-state index contributed by atoms with van der Waals surface area (Å²) >= 11 is 11.8. The van der Waals surface area contributed by atoms with Gasteiger partial charge in [0.15, 0.2) is 0 Å². The van der Waals surface area contributed by atoms with Crippen LogP contribution in [-0.2, 0) is 13.0 Å². The molecule has 2 aromatic heterocycles. The molecule has 1 aliphatic rings. The highest BCUT2D eigenvalue weighted by atomic mass is 35.5. The SMILES string of the molecule is O=c1c2cc(Cl)nc(-c3ccc(Cl)cc3F)c2nc2n1CCC2. The van der Waals surface area contributed by atoms with Crippen molar-refractivity contribution in [2.45, 2.75) is 19.4 Å². The molecule has 3 aromatic rings. The first-order valence-electron chi connectivity index (χ1n) is 7.10. The Balaban J connectivity index is 2.11. The Morgan fingerprint density at radius 1 is 1.17 bits per heavy atom. The van der Waals surface area contributed by atoms with E-state index in [1.54, 1.807) is 10.6 Å². The molecule has 0 spiro atoms. The summed E-state index contributed by atoms with van der Waals surface area (Å²) in [4.78, 5) is 21.4. The first kappa shape index (κ1) is 14.6. The average Bonchev–Trinajstić information content (AvgIpc) is 2.97. The van der Waals surface area contributed by atoms with Gasteiger partial charge in [-0.05, 0) is 30.7 Å². The monoisotopic (exact) mass is 349 g/mol. The fraction of sp³-hybridized carbons (Fsp3) is 0.188. The van der Waals surface area contributed by atoms with Gasteiger partial charge in [-0.25, -0.2) is 14.4 Å². The number of halogens is 3. The van der Waals surface area contributed by atoms with Crippen LogP contribution in [0, 0.1) is 5.82 Å². The van der Waals surface area contributed by atoms with E-state index in [2.05, 4.69) is 9.97 Å². The van der Waals surface area contributed by atoms with E-state index in [9.17, 15) is 9.18 Å². The highest BCUT2D eigenvalue weighted by Gasteiger charge is 2.21. The minimum Gasteiger partial charge on any atom is -0.296 e. The quantitative estimate of drug-likeness (QED) is 0.627. The summed E-state index contributed by atoms with van der Waals surface area (Å²) in [7, 11) is 0. The summed E-state index contributed by atoms with van der Waals surface area (Å²) in [6.07, 6.45) is 1.58. The maximum absolute atomic E-state index is 14.3. The number of fused-ring (bicyclic) bond motifs is 2. The van der Waals surface area contributed by atoms with E-state index in [0.29, 0.717) is 23.3 Å². The summed E-state index contributed by atoms with van der Waals surface area (Å²) < 4.78 is 15.9. The van der Waals surface area contributed by atoms with Crippen molar-refractivity contribution in [3.05, 3.63) is 56.4 Å². The molecule has 4 rings (SSSR count). The van der Waals surface area contributed by atoms with Crippen LogP contribution in [0.15, 0.2) is 29.1 Å². The zero-order valence-electron chi connectivity index (χ0n) is 11.8. The normalized spacial score (nSPS) is 13.5. The van der Waals surface area contributed by atoms with Gasteiger partial charge in [-0.2, -0.15) is 0 Å². The molecular weight excluding hydrogens is 340 g/mol. The van der Waals surface area contributed by atoms with Crippen LogP contribution < -0.4 is 5.56 Å². The smallest absolute Gasteiger partial charge is 0.261 e. The van der Waals surface area contributed by atoms with Crippen LogP contribution in [0.4, 0.5) is 4.39 Å². The van der Waals surface area contributed by atoms with Crippen LogP contribution in [0.3, 0.4) is 0 Å². The van der Waals surface area contributed by atoms with Crippen LogP contribution in [-0.4, -0.2) is 14.5 Å². The standard InChI is InChI=1S/C16H10Cl2FN3O/c17-8-3-4-9(11(19)6-8)14-15-10(7-12(18)20-14)16(23)22-5-1-2-13(22)21-15/h3-4,6-7H,1-2,5H2. The summed E-state index contributed by atoms with van der Waals surface area (Å²) in [5.41, 5.74) is 0.682. The van der Waals surface area contributed by atoms with Gasteiger partial charge < -0.3 is 0 Å². The highest BCUT2D eigenvalue weighted by Crippen LogP contribution is 2.30. The predicted molar refractivity (Wildman–Crippen MR) is 87.5 cm³/mol. The molecule has 3 heterocycles. The van der Waals surface area contributed by atoms with Crippen LogP contribution in [0.2, 0.25) is 10.2 Å². The van der Waals surface area contributed by atoms with E-state index < -0.39 is 5.82 Å². The van der Waals surface area contributed by atoms with E-state index >= 15 is 0 Å². The Labute approximate surface area is 140 Å². The molecule has 7 heteroatoms. The number of hydrogen-bond donors (Lipinski definition) is 0. The predicted octanol–water partition coefficient (Wildman–Crippen LogP) is 3.85. The van der Waals surface area contributed by atoms with Gasteiger partial charge in [0.05, 0.1) is 5.39 Å². The molecule has 0 unspecified atom stereocenters. The molecule has 1 aromatic carbocycles. The van der Waals surface area contributed by atoms with E-state index in [1.807, 2.05) is 0 Å². The molecule has 0 atom stereocenters. The molecule has 0 saturated heterocycles. The molecule has 0 bridgehead atoms. The number of hydrogen-bond acceptors (Lipinski definition) is 3. The summed E-state index contributed by atoms with van der Waals surface area (Å²) in [5.74, 6) is 0.165. The van der Waals surface area contributed by atoms with Crippen molar-refractivity contribution in [3.8, 4) is 11.3 Å². The maximum Gasteiger partial charge on any atom is 0.261 e. The van der Waals surface area contributed by atoms with Gasteiger partial charge in [0.2, 0.25) is 0 Å². The van der Waals surface area contributed by atoms with Gasteiger partial charge in [-0.15, -0.1) is 0 Å². The van der Waals surface area contributed by atoms with Gasteiger partial charge in [0, 0.05) is 23.6 Å². The fourth-order valence-electron chi connectivity index (χ4n) is 2.92. The van der Waals surface area contributed by atoms with Gasteiger partial charge in [0.25, 0.3) is 5.56 Å². The van der Waals surface area contributed by atoms with Crippen LogP contribution in [0.25, 0.3) is 22.2 Å². The second kappa shape index (κ2) is 5.28. The molecule has 0 radical (unpaired) electrons. The van der Waals surface area contributed by atoms with Crippen molar-refractivity contribution >= 4 is 34.1 Å². The Morgan fingerprint density at radius 2 is 2.00 bits per heavy atom. The van der Waals surface area contributed by atoms with Crippen molar-refractivity contribution in [2.75, 3.05) is 0 Å². The Kier molecular flexibility index (Phi) is 3.36. The second-order valence-corrected chi connectivity index (χ2v) is 6.23. The van der Waals surface area contributed by atoms with Gasteiger partial charge in [-0.1, -0.05) is 23.2 Å². The number of rotatable bonds is 1. The summed E-state index contributed by atoms with van der Waals surface area (Å²) in [5, 5.41) is 0.755. The lowest BCUT2D eigenvalue weighted by Gasteiger charge is -2.10.